The van der Waals surface area contributed by atoms with E-state index in [1.54, 1.807) is 0 Å². The summed E-state index contributed by atoms with van der Waals surface area (Å²) in [6, 6.07) is 8.16. The lowest BCUT2D eigenvalue weighted by Gasteiger charge is -2.01. The van der Waals surface area contributed by atoms with Gasteiger partial charge in [0.25, 0.3) is 0 Å². The van der Waals surface area contributed by atoms with Crippen LogP contribution in [0.5, 0.6) is 0 Å². The normalized spacial score (nSPS) is 15.4. The van der Waals surface area contributed by atoms with Crippen LogP contribution in [0.4, 0.5) is 0 Å². The molecule has 1 unspecified atom stereocenters. The highest BCUT2D eigenvalue weighted by Gasteiger charge is 2.13. The van der Waals surface area contributed by atoms with Gasteiger partial charge in [-0.2, -0.15) is 0 Å². The molecule has 0 saturated heterocycles. The zero-order valence-corrected chi connectivity index (χ0v) is 13.7. The molecule has 3 heteroatoms. The summed E-state index contributed by atoms with van der Waals surface area (Å²) in [6.45, 7) is 16.0. The van der Waals surface area contributed by atoms with Crippen molar-refractivity contribution in [3.63, 3.8) is 0 Å². The summed E-state index contributed by atoms with van der Waals surface area (Å²) in [5.74, 6) is 0.816. The van der Waals surface area contributed by atoms with E-state index in [-0.39, 0.29) is 6.23 Å². The van der Waals surface area contributed by atoms with Gasteiger partial charge < -0.3 is 0 Å². The second kappa shape index (κ2) is 13.1. The first kappa shape index (κ1) is 20.0. The second-order valence-electron chi connectivity index (χ2n) is 3.17. The molecule has 0 radical (unpaired) electrons. The molecule has 1 aromatic carbocycles. The van der Waals surface area contributed by atoms with Crippen molar-refractivity contribution in [2.45, 2.75) is 61.6 Å². The first-order chi connectivity index (χ1) is 9.25. The number of nitrogens with zero attached hydrogens (tertiary/aromatic N) is 1. The van der Waals surface area contributed by atoms with Gasteiger partial charge in [0.2, 0.25) is 0 Å². The fourth-order valence-corrected chi connectivity index (χ4v) is 1.30. The van der Waals surface area contributed by atoms with E-state index < -0.39 is 0 Å². The fourth-order valence-electron chi connectivity index (χ4n) is 1.30. The monoisotopic (exact) mass is 266 g/mol. The average Bonchev–Trinajstić information content (AvgIpc) is 2.92. The molecule has 1 aliphatic rings. The van der Waals surface area contributed by atoms with Crippen molar-refractivity contribution in [2.75, 3.05) is 0 Å². The topological polar surface area (TPSA) is 33.6 Å². The quantitative estimate of drug-likeness (QED) is 0.799. The maximum absolute atomic E-state index is 5.11. The molecule has 0 fully saturated rings. The highest BCUT2D eigenvalue weighted by atomic mass is 16.7. The molecule has 0 aliphatic carbocycles. The molecule has 1 aliphatic heterocycles. The van der Waals surface area contributed by atoms with E-state index >= 15 is 0 Å². The molecule has 0 saturated carbocycles. The van der Waals surface area contributed by atoms with Crippen LogP contribution in [-0.4, -0.2) is 12.1 Å². The Morgan fingerprint density at radius 2 is 1.63 bits per heavy atom. The van der Waals surface area contributed by atoms with Crippen LogP contribution in [0.25, 0.3) is 0 Å². The molecule has 3 nitrogen and oxygen atoms in total. The Balaban J connectivity index is 0. The summed E-state index contributed by atoms with van der Waals surface area (Å²) >= 11 is 0. The van der Waals surface area contributed by atoms with Crippen LogP contribution >= 0.6 is 0 Å². The highest BCUT2D eigenvalue weighted by Crippen LogP contribution is 2.09. The number of amidine groups is 1. The Kier molecular flexibility index (Phi) is 13.8. The number of nitrogens with one attached hydrogen (secondary N) is 1. The second-order valence-corrected chi connectivity index (χ2v) is 3.17. The van der Waals surface area contributed by atoms with Crippen LogP contribution in [0, 0.1) is 6.92 Å². The minimum atomic E-state index is -0.0875. The molecule has 1 N–H and O–H groups in total. The predicted molar refractivity (Wildman–Crippen MR) is 85.4 cm³/mol. The standard InChI is InChI=1S/C10H12N2O.3C2H6/c1-7-4-3-5-9(6-7)10-11-8(2)13-12-10;3*1-2/h3-6,8H,1-2H3,(H,11,12);3*1-2H3. The molecule has 0 bridgehead atoms. The first-order valence-corrected chi connectivity index (χ1v) is 7.32. The van der Waals surface area contributed by atoms with Crippen molar-refractivity contribution in [3.8, 4) is 0 Å². The van der Waals surface area contributed by atoms with Gasteiger partial charge in [-0.05, 0) is 19.9 Å². The van der Waals surface area contributed by atoms with Crippen LogP contribution in [0.15, 0.2) is 29.3 Å². The summed E-state index contributed by atoms with van der Waals surface area (Å²) in [5.41, 5.74) is 5.10. The number of aliphatic imine (C=N–C) groups is 1. The molecule has 1 atom stereocenters. The van der Waals surface area contributed by atoms with Crippen LogP contribution in [0.1, 0.15) is 59.6 Å². The summed E-state index contributed by atoms with van der Waals surface area (Å²) in [4.78, 5) is 9.39. The molecule has 1 heterocycles. The summed E-state index contributed by atoms with van der Waals surface area (Å²) < 4.78 is 0. The van der Waals surface area contributed by atoms with Crippen LogP contribution in [0.2, 0.25) is 0 Å². The number of aryl methyl sites for hydroxylation is 1. The Morgan fingerprint density at radius 3 is 2.05 bits per heavy atom. The SMILES string of the molecule is CC.CC.CC.Cc1cccc(C2=NC(C)ON2)c1. The van der Waals surface area contributed by atoms with Crippen LogP contribution in [0.3, 0.4) is 0 Å². The largest absolute Gasteiger partial charge is 0.248 e. The molecule has 0 spiro atoms. The van der Waals surface area contributed by atoms with Crippen LogP contribution in [-0.2, 0) is 4.84 Å². The number of hydroxylamine groups is 1. The maximum Gasteiger partial charge on any atom is 0.174 e. The molecule has 0 amide bonds. The average molecular weight is 266 g/mol. The van der Waals surface area contributed by atoms with Crippen molar-refractivity contribution in [3.05, 3.63) is 35.4 Å². The molecular weight excluding hydrogens is 236 g/mol. The van der Waals surface area contributed by atoms with E-state index in [0.29, 0.717) is 0 Å². The minimum absolute atomic E-state index is 0.0875. The van der Waals surface area contributed by atoms with Gasteiger partial charge in [-0.1, -0.05) is 65.3 Å². The van der Waals surface area contributed by atoms with Crippen LogP contribution < -0.4 is 5.48 Å². The maximum atomic E-state index is 5.11. The number of hydrogen-bond donors (Lipinski definition) is 1. The van der Waals surface area contributed by atoms with Gasteiger partial charge in [0.1, 0.15) is 0 Å². The van der Waals surface area contributed by atoms with Gasteiger partial charge in [0.05, 0.1) is 0 Å². The summed E-state index contributed by atoms with van der Waals surface area (Å²) in [6.07, 6.45) is -0.0875. The summed E-state index contributed by atoms with van der Waals surface area (Å²) in [5, 5.41) is 0. The molecule has 110 valence electrons. The Hall–Kier alpha value is -1.35. The highest BCUT2D eigenvalue weighted by molar-refractivity contribution is 5.98. The Labute approximate surface area is 119 Å². The van der Waals surface area contributed by atoms with Gasteiger partial charge in [-0.3, -0.25) is 0 Å². The third-order valence-electron chi connectivity index (χ3n) is 1.93. The van der Waals surface area contributed by atoms with Gasteiger partial charge in [-0.25, -0.2) is 15.3 Å². The molecule has 1 aromatic rings. The van der Waals surface area contributed by atoms with Gasteiger partial charge >= 0.3 is 0 Å². The molecule has 0 aromatic heterocycles. The molecular formula is C16H30N2O. The van der Waals surface area contributed by atoms with E-state index in [2.05, 4.69) is 29.5 Å². The fraction of sp³-hybridized carbons (Fsp3) is 0.562. The van der Waals surface area contributed by atoms with E-state index in [0.717, 1.165) is 11.4 Å². The minimum Gasteiger partial charge on any atom is -0.248 e. The first-order valence-electron chi connectivity index (χ1n) is 7.32. The predicted octanol–water partition coefficient (Wildman–Crippen LogP) is 4.70. The lowest BCUT2D eigenvalue weighted by atomic mass is 10.1. The lowest BCUT2D eigenvalue weighted by Crippen LogP contribution is -2.18. The zero-order chi connectivity index (χ0) is 15.3. The lowest BCUT2D eigenvalue weighted by molar-refractivity contribution is 0.0504. The number of hydrogen-bond acceptors (Lipinski definition) is 3. The van der Waals surface area contributed by atoms with Gasteiger partial charge in [-0.15, -0.1) is 0 Å². The van der Waals surface area contributed by atoms with Crippen molar-refractivity contribution >= 4 is 5.84 Å². The third-order valence-corrected chi connectivity index (χ3v) is 1.93. The molecule has 2 rings (SSSR count). The molecule has 19 heavy (non-hydrogen) atoms. The van der Waals surface area contributed by atoms with E-state index in [4.69, 9.17) is 4.84 Å². The Morgan fingerprint density at radius 1 is 1.05 bits per heavy atom. The van der Waals surface area contributed by atoms with E-state index in [9.17, 15) is 0 Å². The number of rotatable bonds is 1. The third kappa shape index (κ3) is 7.62. The van der Waals surface area contributed by atoms with Crippen molar-refractivity contribution in [1.82, 2.24) is 5.48 Å². The van der Waals surface area contributed by atoms with Crippen molar-refractivity contribution in [2.24, 2.45) is 4.99 Å². The Bertz CT molecular complexity index is 348. The van der Waals surface area contributed by atoms with Crippen molar-refractivity contribution in [1.29, 1.82) is 0 Å². The number of benzene rings is 1. The van der Waals surface area contributed by atoms with Gasteiger partial charge in [0, 0.05) is 5.56 Å². The zero-order valence-electron chi connectivity index (χ0n) is 13.7. The smallest absolute Gasteiger partial charge is 0.174 e. The van der Waals surface area contributed by atoms with Crippen molar-refractivity contribution < 1.29 is 4.84 Å². The van der Waals surface area contributed by atoms with E-state index in [1.165, 1.54) is 5.56 Å². The van der Waals surface area contributed by atoms with Gasteiger partial charge in [0.15, 0.2) is 12.1 Å². The van der Waals surface area contributed by atoms with E-state index in [1.807, 2.05) is 60.6 Å². The summed E-state index contributed by atoms with van der Waals surface area (Å²) in [7, 11) is 0.